The fraction of sp³-hybridized carbons (Fsp3) is 0.222. The van der Waals surface area contributed by atoms with Crippen molar-refractivity contribution in [1.29, 1.82) is 0 Å². The van der Waals surface area contributed by atoms with Gasteiger partial charge in [-0.15, -0.1) is 11.3 Å². The van der Waals surface area contributed by atoms with E-state index in [0.29, 0.717) is 0 Å². The van der Waals surface area contributed by atoms with Crippen molar-refractivity contribution in [2.45, 2.75) is 0 Å². The molecule has 1 aliphatic rings. The van der Waals surface area contributed by atoms with E-state index in [4.69, 9.17) is 0 Å². The highest BCUT2D eigenvalue weighted by molar-refractivity contribution is 7.16. The van der Waals surface area contributed by atoms with Crippen molar-refractivity contribution in [3.05, 3.63) is 23.7 Å². The lowest BCUT2D eigenvalue weighted by atomic mass is 10.3. The molecule has 3 heteroatoms. The number of benzene rings is 1. The molecule has 0 spiro atoms. The van der Waals surface area contributed by atoms with Gasteiger partial charge in [-0.1, -0.05) is 0 Å². The summed E-state index contributed by atoms with van der Waals surface area (Å²) in [6.45, 7) is 2.43. The van der Waals surface area contributed by atoms with E-state index >= 15 is 0 Å². The van der Waals surface area contributed by atoms with Crippen LogP contribution in [-0.2, 0) is 0 Å². The van der Waals surface area contributed by atoms with E-state index in [1.54, 1.807) is 11.3 Å². The number of nitrogens with zero attached hydrogens (tertiary/aromatic N) is 2. The molecule has 0 unspecified atom stereocenters. The molecule has 0 aliphatic carbocycles. The summed E-state index contributed by atoms with van der Waals surface area (Å²) in [5.74, 6) is 0. The normalized spacial score (nSPS) is 15.5. The Balaban J connectivity index is 2.21. The first kappa shape index (κ1) is 6.43. The molecular weight excluding hydrogens is 168 g/mol. The average molecular weight is 176 g/mol. The summed E-state index contributed by atoms with van der Waals surface area (Å²) in [4.78, 5) is 6.59. The Morgan fingerprint density at radius 1 is 1.33 bits per heavy atom. The van der Waals surface area contributed by atoms with E-state index < -0.39 is 0 Å². The molecule has 12 heavy (non-hydrogen) atoms. The first-order chi connectivity index (χ1) is 5.93. The number of hydrogen-bond donors (Lipinski definition) is 0. The van der Waals surface area contributed by atoms with Gasteiger partial charge in [0.1, 0.15) is 0 Å². The number of hydrogen-bond acceptors (Lipinski definition) is 3. The van der Waals surface area contributed by atoms with Crippen LogP contribution in [0.4, 0.5) is 5.69 Å². The minimum atomic E-state index is 1.12. The quantitative estimate of drug-likeness (QED) is 0.618. The lowest BCUT2D eigenvalue weighted by Gasteiger charge is -2.00. The molecule has 2 aromatic rings. The number of rotatable bonds is 1. The summed E-state index contributed by atoms with van der Waals surface area (Å²) < 4.78 is 1.29. The van der Waals surface area contributed by atoms with E-state index in [1.165, 1.54) is 23.5 Å². The molecule has 0 radical (unpaired) electrons. The molecule has 2 nitrogen and oxygen atoms in total. The summed E-state index contributed by atoms with van der Waals surface area (Å²) in [6.07, 6.45) is 0. The molecule has 3 rings (SSSR count). The molecule has 1 fully saturated rings. The van der Waals surface area contributed by atoms with E-state index in [-0.39, 0.29) is 0 Å². The van der Waals surface area contributed by atoms with Gasteiger partial charge in [0.25, 0.3) is 0 Å². The maximum Gasteiger partial charge on any atom is 0.0813 e. The van der Waals surface area contributed by atoms with Crippen molar-refractivity contribution in [2.75, 3.05) is 18.0 Å². The summed E-state index contributed by atoms with van der Waals surface area (Å²) >= 11 is 1.71. The van der Waals surface area contributed by atoms with E-state index in [1.807, 2.05) is 5.51 Å². The fourth-order valence-corrected chi connectivity index (χ4v) is 2.06. The molecule has 0 saturated carbocycles. The highest BCUT2D eigenvalue weighted by Gasteiger charge is 2.17. The molecule has 1 aromatic carbocycles. The number of thiazole rings is 1. The van der Waals surface area contributed by atoms with Gasteiger partial charge in [0.05, 0.1) is 15.7 Å². The van der Waals surface area contributed by atoms with Gasteiger partial charge in [-0.05, 0) is 18.2 Å². The zero-order valence-corrected chi connectivity index (χ0v) is 7.34. The van der Waals surface area contributed by atoms with Crippen molar-refractivity contribution in [3.63, 3.8) is 0 Å². The Hall–Kier alpha value is -1.09. The first-order valence-electron chi connectivity index (χ1n) is 4.02. The second-order valence-electron chi connectivity index (χ2n) is 2.99. The van der Waals surface area contributed by atoms with Crippen LogP contribution in [0.3, 0.4) is 0 Å². The van der Waals surface area contributed by atoms with Crippen molar-refractivity contribution in [2.24, 2.45) is 0 Å². The molecule has 2 heterocycles. The topological polar surface area (TPSA) is 15.9 Å². The molecule has 0 N–H and O–H groups in total. The Morgan fingerprint density at radius 2 is 2.25 bits per heavy atom. The average Bonchev–Trinajstić information content (AvgIpc) is 2.84. The minimum Gasteiger partial charge on any atom is -0.368 e. The van der Waals surface area contributed by atoms with Crippen LogP contribution in [0.1, 0.15) is 0 Å². The van der Waals surface area contributed by atoms with Crippen LogP contribution < -0.4 is 4.90 Å². The van der Waals surface area contributed by atoms with E-state index in [9.17, 15) is 0 Å². The second kappa shape index (κ2) is 2.20. The van der Waals surface area contributed by atoms with Crippen LogP contribution in [0.25, 0.3) is 10.2 Å². The second-order valence-corrected chi connectivity index (χ2v) is 3.88. The summed E-state index contributed by atoms with van der Waals surface area (Å²) in [7, 11) is 0. The lowest BCUT2D eigenvalue weighted by molar-refractivity contribution is 1.40. The summed E-state index contributed by atoms with van der Waals surface area (Å²) in [6, 6.07) is 6.47. The standard InChI is InChI=1S/C9H8N2S/c1-2-8-9(12-6-10-8)5-7(1)11-3-4-11/h1-2,5-6H,3-4H2. The zero-order valence-electron chi connectivity index (χ0n) is 6.53. The number of aromatic nitrogens is 1. The van der Waals surface area contributed by atoms with Crippen LogP contribution in [0, 0.1) is 0 Å². The number of anilines is 1. The molecule has 60 valence electrons. The fourth-order valence-electron chi connectivity index (χ4n) is 1.35. The van der Waals surface area contributed by atoms with Gasteiger partial charge in [-0.2, -0.15) is 0 Å². The SMILES string of the molecule is c1nc2ccc(N3CC3)cc2s1. The van der Waals surface area contributed by atoms with Crippen molar-refractivity contribution in [1.82, 2.24) is 4.98 Å². The maximum atomic E-state index is 4.24. The monoisotopic (exact) mass is 176 g/mol. The Bertz CT molecular complexity index is 417. The van der Waals surface area contributed by atoms with Gasteiger partial charge in [-0.25, -0.2) is 4.98 Å². The minimum absolute atomic E-state index is 1.12. The van der Waals surface area contributed by atoms with E-state index in [0.717, 1.165) is 5.52 Å². The predicted molar refractivity (Wildman–Crippen MR) is 51.8 cm³/mol. The van der Waals surface area contributed by atoms with Crippen molar-refractivity contribution >= 4 is 27.2 Å². The number of fused-ring (bicyclic) bond motifs is 1. The summed E-state index contributed by atoms with van der Waals surface area (Å²) in [5, 5.41) is 0. The first-order valence-corrected chi connectivity index (χ1v) is 4.90. The van der Waals surface area contributed by atoms with Crippen LogP contribution in [-0.4, -0.2) is 18.1 Å². The third kappa shape index (κ3) is 0.898. The van der Waals surface area contributed by atoms with Crippen LogP contribution in [0.2, 0.25) is 0 Å². The van der Waals surface area contributed by atoms with Crippen LogP contribution >= 0.6 is 11.3 Å². The molecule has 0 atom stereocenters. The van der Waals surface area contributed by atoms with Crippen LogP contribution in [0.15, 0.2) is 23.7 Å². The largest absolute Gasteiger partial charge is 0.368 e. The summed E-state index contributed by atoms with van der Waals surface area (Å²) in [5.41, 5.74) is 4.36. The highest BCUT2D eigenvalue weighted by atomic mass is 32.1. The lowest BCUT2D eigenvalue weighted by Crippen LogP contribution is -1.88. The molecule has 1 saturated heterocycles. The van der Waals surface area contributed by atoms with Gasteiger partial charge < -0.3 is 4.90 Å². The Morgan fingerprint density at radius 3 is 3.08 bits per heavy atom. The third-order valence-electron chi connectivity index (χ3n) is 2.13. The molecule has 0 bridgehead atoms. The van der Waals surface area contributed by atoms with Crippen LogP contribution in [0.5, 0.6) is 0 Å². The Labute approximate surface area is 74.5 Å². The Kier molecular flexibility index (Phi) is 1.18. The van der Waals surface area contributed by atoms with E-state index in [2.05, 4.69) is 28.1 Å². The molecular formula is C9H8N2S. The molecule has 1 aromatic heterocycles. The smallest absolute Gasteiger partial charge is 0.0813 e. The zero-order chi connectivity index (χ0) is 7.97. The predicted octanol–water partition coefficient (Wildman–Crippen LogP) is 2.12. The molecule has 0 amide bonds. The molecule has 1 aliphatic heterocycles. The van der Waals surface area contributed by atoms with Crippen molar-refractivity contribution < 1.29 is 0 Å². The van der Waals surface area contributed by atoms with Gasteiger partial charge in [-0.3, -0.25) is 0 Å². The highest BCUT2D eigenvalue weighted by Crippen LogP contribution is 2.27. The van der Waals surface area contributed by atoms with Crippen molar-refractivity contribution in [3.8, 4) is 0 Å². The van der Waals surface area contributed by atoms with Gasteiger partial charge in [0, 0.05) is 18.8 Å². The third-order valence-corrected chi connectivity index (χ3v) is 2.92. The van der Waals surface area contributed by atoms with Gasteiger partial charge in [0.2, 0.25) is 0 Å². The maximum absolute atomic E-state index is 4.24. The van der Waals surface area contributed by atoms with Gasteiger partial charge >= 0.3 is 0 Å². The van der Waals surface area contributed by atoms with Gasteiger partial charge in [0.15, 0.2) is 0 Å².